The van der Waals surface area contributed by atoms with E-state index in [0.29, 0.717) is 25.3 Å². The topological polar surface area (TPSA) is 67.2 Å². The maximum absolute atomic E-state index is 11.2. The van der Waals surface area contributed by atoms with Gasteiger partial charge in [0.25, 0.3) is 0 Å². The fourth-order valence-corrected chi connectivity index (χ4v) is 2.87. The van der Waals surface area contributed by atoms with E-state index in [2.05, 4.69) is 52.2 Å². The number of allylic oxidation sites excluding steroid dienone is 1. The molecule has 1 aliphatic rings. The monoisotopic (exact) mass is 319 g/mol. The number of hydrogen-bond donors (Lipinski definition) is 2. The van der Waals surface area contributed by atoms with E-state index >= 15 is 0 Å². The van der Waals surface area contributed by atoms with E-state index in [9.17, 15) is 9.90 Å². The molecule has 1 heterocycles. The maximum atomic E-state index is 11.2. The first-order valence-electron chi connectivity index (χ1n) is 8.40. The van der Waals surface area contributed by atoms with Crippen molar-refractivity contribution in [2.45, 2.75) is 71.5 Å². The van der Waals surface area contributed by atoms with Crippen molar-refractivity contribution in [1.29, 1.82) is 0 Å². The first-order chi connectivity index (χ1) is 10.7. The van der Waals surface area contributed by atoms with Crippen LogP contribution in [0.5, 0.6) is 0 Å². The van der Waals surface area contributed by atoms with Gasteiger partial charge in [-0.1, -0.05) is 26.0 Å². The van der Waals surface area contributed by atoms with E-state index < -0.39 is 5.97 Å². The van der Waals surface area contributed by atoms with Gasteiger partial charge in [-0.25, -0.2) is 0 Å². The molecule has 0 amide bonds. The van der Waals surface area contributed by atoms with Crippen LogP contribution in [0.1, 0.15) is 64.6 Å². The Morgan fingerprint density at radius 3 is 2.74 bits per heavy atom. The molecule has 0 aromatic carbocycles. The number of hydrogen-bond acceptors (Lipinski definition) is 3. The molecule has 0 bridgehead atoms. The van der Waals surface area contributed by atoms with Gasteiger partial charge in [-0.3, -0.25) is 9.48 Å². The predicted molar refractivity (Wildman–Crippen MR) is 91.4 cm³/mol. The Hall–Kier alpha value is -1.62. The summed E-state index contributed by atoms with van der Waals surface area (Å²) < 4.78 is 2.02. The number of nitrogens with one attached hydrogen (secondary N) is 1. The van der Waals surface area contributed by atoms with Crippen LogP contribution >= 0.6 is 0 Å². The molecule has 2 atom stereocenters. The Balaban J connectivity index is 2.08. The summed E-state index contributed by atoms with van der Waals surface area (Å²) in [6, 6.07) is 0.114. The minimum Gasteiger partial charge on any atom is -0.481 e. The van der Waals surface area contributed by atoms with Gasteiger partial charge in [0.2, 0.25) is 0 Å². The summed E-state index contributed by atoms with van der Waals surface area (Å²) in [4.78, 5) is 11.2. The zero-order valence-electron chi connectivity index (χ0n) is 14.8. The lowest BCUT2D eigenvalue weighted by atomic mass is 9.91. The van der Waals surface area contributed by atoms with Gasteiger partial charge in [-0.15, -0.1) is 0 Å². The van der Waals surface area contributed by atoms with Crippen LogP contribution in [0.15, 0.2) is 18.3 Å². The van der Waals surface area contributed by atoms with Crippen molar-refractivity contribution in [3.05, 3.63) is 29.6 Å². The Morgan fingerprint density at radius 1 is 1.48 bits per heavy atom. The Kier molecular flexibility index (Phi) is 5.30. The van der Waals surface area contributed by atoms with Gasteiger partial charge in [-0.2, -0.15) is 5.10 Å². The van der Waals surface area contributed by atoms with E-state index in [1.54, 1.807) is 0 Å². The second kappa shape index (κ2) is 6.87. The first kappa shape index (κ1) is 17.7. The van der Waals surface area contributed by atoms with Crippen LogP contribution < -0.4 is 5.32 Å². The lowest BCUT2D eigenvalue weighted by molar-refractivity contribution is -0.142. The molecule has 0 fully saturated rings. The molecule has 1 aromatic heterocycles. The summed E-state index contributed by atoms with van der Waals surface area (Å²) in [7, 11) is 0. The first-order valence-corrected chi connectivity index (χ1v) is 8.40. The second-order valence-electron chi connectivity index (χ2n) is 7.73. The van der Waals surface area contributed by atoms with E-state index in [1.165, 1.54) is 5.56 Å². The number of nitrogens with zero attached hydrogens (tertiary/aromatic N) is 2. The number of carbonyl (C=O) groups is 1. The minimum absolute atomic E-state index is 0.0406. The van der Waals surface area contributed by atoms with E-state index in [-0.39, 0.29) is 17.5 Å². The summed E-state index contributed by atoms with van der Waals surface area (Å²) >= 11 is 0. The van der Waals surface area contributed by atoms with Gasteiger partial charge >= 0.3 is 5.97 Å². The van der Waals surface area contributed by atoms with Crippen LogP contribution in [0.25, 0.3) is 0 Å². The third-order valence-corrected chi connectivity index (χ3v) is 4.29. The van der Waals surface area contributed by atoms with Crippen molar-refractivity contribution in [3.63, 3.8) is 0 Å². The van der Waals surface area contributed by atoms with Gasteiger partial charge in [0.1, 0.15) is 0 Å². The second-order valence-corrected chi connectivity index (χ2v) is 7.73. The number of aromatic nitrogens is 2. The molecule has 128 valence electrons. The maximum Gasteiger partial charge on any atom is 0.306 e. The van der Waals surface area contributed by atoms with E-state index in [1.807, 2.05) is 10.8 Å². The van der Waals surface area contributed by atoms with Crippen LogP contribution in [0.3, 0.4) is 0 Å². The Morgan fingerprint density at radius 2 is 2.17 bits per heavy atom. The molecule has 0 saturated carbocycles. The molecule has 5 nitrogen and oxygen atoms in total. The molecule has 2 N–H and O–H groups in total. The Labute approximate surface area is 138 Å². The number of aliphatic carboxylic acids is 1. The van der Waals surface area contributed by atoms with Crippen LogP contribution in [-0.2, 0) is 16.9 Å². The molecule has 0 aliphatic heterocycles. The van der Waals surface area contributed by atoms with Crippen molar-refractivity contribution < 1.29 is 9.90 Å². The largest absolute Gasteiger partial charge is 0.481 e. The summed E-state index contributed by atoms with van der Waals surface area (Å²) in [6.45, 7) is 11.4. The van der Waals surface area contributed by atoms with Crippen molar-refractivity contribution in [2.75, 3.05) is 0 Å². The molecule has 0 spiro atoms. The molecule has 0 radical (unpaired) electrons. The zero-order chi connectivity index (χ0) is 17.2. The molecule has 1 aliphatic carbocycles. The highest BCUT2D eigenvalue weighted by Gasteiger charge is 2.24. The van der Waals surface area contributed by atoms with Gasteiger partial charge in [-0.05, 0) is 39.5 Å². The molecule has 0 unspecified atom stereocenters. The van der Waals surface area contributed by atoms with Gasteiger partial charge in [0.15, 0.2) is 0 Å². The highest BCUT2D eigenvalue weighted by Crippen LogP contribution is 2.23. The average Bonchev–Trinajstić information content (AvgIpc) is 2.90. The average molecular weight is 319 g/mol. The summed E-state index contributed by atoms with van der Waals surface area (Å²) in [5.41, 5.74) is 2.27. The third-order valence-electron chi connectivity index (χ3n) is 4.29. The molecular formula is C18H29N3O2. The number of carboxylic acid groups (broad SMARTS) is 1. The molecule has 2 rings (SSSR count). The van der Waals surface area contributed by atoms with Gasteiger partial charge in [0.05, 0.1) is 17.2 Å². The van der Waals surface area contributed by atoms with Gasteiger partial charge < -0.3 is 10.4 Å². The predicted octanol–water partition coefficient (Wildman–Crippen LogP) is 3.27. The molecular weight excluding hydrogens is 290 g/mol. The van der Waals surface area contributed by atoms with E-state index in [0.717, 1.165) is 5.69 Å². The van der Waals surface area contributed by atoms with Crippen molar-refractivity contribution >= 4 is 5.97 Å². The fourth-order valence-electron chi connectivity index (χ4n) is 2.87. The molecule has 5 heteroatoms. The highest BCUT2D eigenvalue weighted by molar-refractivity contribution is 5.70. The highest BCUT2D eigenvalue weighted by atomic mass is 16.4. The fraction of sp³-hybridized carbons (Fsp3) is 0.667. The summed E-state index contributed by atoms with van der Waals surface area (Å²) in [5, 5.41) is 17.4. The van der Waals surface area contributed by atoms with E-state index in [4.69, 9.17) is 5.10 Å². The number of carboxylic acids is 1. The third kappa shape index (κ3) is 4.44. The molecule has 1 aromatic rings. The quantitative estimate of drug-likeness (QED) is 0.817. The SMILES string of the molecule is CC(C)c1nn(C(C)(C)C)cc1CN[C@H]1C=CC[C@H](C(=O)O)C1. The van der Waals surface area contributed by atoms with Crippen molar-refractivity contribution in [1.82, 2.24) is 15.1 Å². The smallest absolute Gasteiger partial charge is 0.306 e. The normalized spacial score (nSPS) is 21.8. The van der Waals surface area contributed by atoms with Gasteiger partial charge in [0, 0.05) is 24.3 Å². The Bertz CT molecular complexity index is 582. The molecule has 0 saturated heterocycles. The lowest BCUT2D eigenvalue weighted by Gasteiger charge is -2.23. The van der Waals surface area contributed by atoms with Crippen LogP contribution in [-0.4, -0.2) is 26.9 Å². The number of rotatable bonds is 5. The van der Waals surface area contributed by atoms with Crippen molar-refractivity contribution in [3.8, 4) is 0 Å². The minimum atomic E-state index is -0.704. The zero-order valence-corrected chi connectivity index (χ0v) is 14.8. The van der Waals surface area contributed by atoms with Crippen LogP contribution in [0, 0.1) is 5.92 Å². The molecule has 23 heavy (non-hydrogen) atoms. The lowest BCUT2D eigenvalue weighted by Crippen LogP contribution is -2.33. The summed E-state index contributed by atoms with van der Waals surface area (Å²) in [6.07, 6.45) is 7.46. The summed E-state index contributed by atoms with van der Waals surface area (Å²) in [5.74, 6) is -0.618. The van der Waals surface area contributed by atoms with Crippen LogP contribution in [0.2, 0.25) is 0 Å². The van der Waals surface area contributed by atoms with Crippen LogP contribution in [0.4, 0.5) is 0 Å². The standard InChI is InChI=1S/C18H29N3O2/c1-12(2)16-14(11-21(20-16)18(3,4)5)10-19-15-8-6-7-13(9-15)17(22)23/h6,8,11-13,15,19H,7,9-10H2,1-5H3,(H,22,23)/t13-,15-/m0/s1. The van der Waals surface area contributed by atoms with Crippen molar-refractivity contribution in [2.24, 2.45) is 5.92 Å².